The van der Waals surface area contributed by atoms with Gasteiger partial charge in [-0.3, -0.25) is 4.79 Å². The van der Waals surface area contributed by atoms with Gasteiger partial charge in [0, 0.05) is 18.0 Å². The van der Waals surface area contributed by atoms with E-state index in [9.17, 15) is 13.2 Å². The first kappa shape index (κ1) is 19.6. The molecule has 140 valence electrons. The van der Waals surface area contributed by atoms with Crippen LogP contribution in [0.4, 0.5) is 0 Å². The summed E-state index contributed by atoms with van der Waals surface area (Å²) in [5, 5.41) is 2.09. The van der Waals surface area contributed by atoms with E-state index in [1.165, 1.54) is 17.0 Å². The van der Waals surface area contributed by atoms with E-state index in [0.717, 1.165) is 23.3 Å². The van der Waals surface area contributed by atoms with E-state index in [0.29, 0.717) is 6.54 Å². The maximum Gasteiger partial charge on any atom is 0.255 e. The van der Waals surface area contributed by atoms with Crippen molar-refractivity contribution in [3.05, 3.63) is 49.6 Å². The largest absolute Gasteiger partial charge is 0.337 e. The van der Waals surface area contributed by atoms with E-state index in [-0.39, 0.29) is 32.5 Å². The molecule has 26 heavy (non-hydrogen) atoms. The highest BCUT2D eigenvalue weighted by molar-refractivity contribution is 7.89. The Hall–Kier alpha value is -1.12. The van der Waals surface area contributed by atoms with Crippen molar-refractivity contribution in [3.63, 3.8) is 0 Å². The number of aryl methyl sites for hydroxylation is 1. The second kappa shape index (κ2) is 7.48. The summed E-state index contributed by atoms with van der Waals surface area (Å²) in [5.74, 6) is -0.359. The monoisotopic (exact) mass is 432 g/mol. The lowest BCUT2D eigenvalue weighted by Gasteiger charge is -2.19. The van der Waals surface area contributed by atoms with Crippen LogP contribution in [0.3, 0.4) is 0 Å². The highest BCUT2D eigenvalue weighted by Gasteiger charge is 2.30. The van der Waals surface area contributed by atoms with Gasteiger partial charge in [0.1, 0.15) is 4.90 Å². The summed E-state index contributed by atoms with van der Waals surface area (Å²) < 4.78 is 27.6. The van der Waals surface area contributed by atoms with Gasteiger partial charge in [-0.1, -0.05) is 23.2 Å². The summed E-state index contributed by atoms with van der Waals surface area (Å²) in [5.41, 5.74) is 1.22. The van der Waals surface area contributed by atoms with Gasteiger partial charge in [-0.15, -0.1) is 11.3 Å². The zero-order valence-electron chi connectivity index (χ0n) is 14.3. The van der Waals surface area contributed by atoms with Gasteiger partial charge in [0.25, 0.3) is 5.91 Å². The molecule has 0 bridgehead atoms. The molecule has 1 fully saturated rings. The molecule has 9 heteroatoms. The predicted octanol–water partition coefficient (Wildman–Crippen LogP) is 4.08. The van der Waals surface area contributed by atoms with Gasteiger partial charge in [0.2, 0.25) is 10.0 Å². The van der Waals surface area contributed by atoms with Crippen molar-refractivity contribution in [3.8, 4) is 0 Å². The number of nitrogens with zero attached hydrogens (tertiary/aromatic N) is 1. The van der Waals surface area contributed by atoms with Crippen LogP contribution < -0.4 is 4.72 Å². The molecule has 1 aromatic carbocycles. The van der Waals surface area contributed by atoms with Gasteiger partial charge in [0.15, 0.2) is 0 Å². The van der Waals surface area contributed by atoms with Crippen LogP contribution in [0.2, 0.25) is 10.0 Å². The SMILES string of the molecule is Cc1ccsc1CN(C)C(=O)c1cc(S(=O)(=O)NC2CC2)c(Cl)cc1Cl. The Kier molecular flexibility index (Phi) is 5.65. The van der Waals surface area contributed by atoms with Crippen LogP contribution in [0.25, 0.3) is 0 Å². The van der Waals surface area contributed by atoms with Gasteiger partial charge >= 0.3 is 0 Å². The molecule has 5 nitrogen and oxygen atoms in total. The molecular formula is C17H18Cl2N2O3S2. The molecule has 0 spiro atoms. The lowest BCUT2D eigenvalue weighted by Crippen LogP contribution is -2.28. The number of benzene rings is 1. The maximum absolute atomic E-state index is 12.8. The Balaban J connectivity index is 1.90. The number of thiophene rings is 1. The highest BCUT2D eigenvalue weighted by Crippen LogP contribution is 2.31. The second-order valence-corrected chi connectivity index (χ2v) is 9.84. The van der Waals surface area contributed by atoms with Crippen molar-refractivity contribution in [2.75, 3.05) is 7.05 Å². The first-order valence-corrected chi connectivity index (χ1v) is 11.1. The summed E-state index contributed by atoms with van der Waals surface area (Å²) in [4.78, 5) is 15.3. The predicted molar refractivity (Wildman–Crippen MR) is 105 cm³/mol. The molecule has 1 aliphatic rings. The fraction of sp³-hybridized carbons (Fsp3) is 0.353. The third kappa shape index (κ3) is 4.23. The van der Waals surface area contributed by atoms with E-state index in [4.69, 9.17) is 23.2 Å². The van der Waals surface area contributed by atoms with Crippen molar-refractivity contribution in [1.82, 2.24) is 9.62 Å². The van der Waals surface area contributed by atoms with Gasteiger partial charge in [-0.25, -0.2) is 13.1 Å². The van der Waals surface area contributed by atoms with Crippen LogP contribution in [0.15, 0.2) is 28.5 Å². The summed E-state index contributed by atoms with van der Waals surface area (Å²) in [6.07, 6.45) is 1.61. The molecule has 1 aliphatic carbocycles. The number of sulfonamides is 1. The fourth-order valence-electron chi connectivity index (χ4n) is 2.44. The van der Waals surface area contributed by atoms with Crippen molar-refractivity contribution in [2.45, 2.75) is 37.2 Å². The Labute approximate surface area is 167 Å². The van der Waals surface area contributed by atoms with E-state index >= 15 is 0 Å². The third-order valence-corrected chi connectivity index (χ3v) is 7.44. The highest BCUT2D eigenvalue weighted by atomic mass is 35.5. The van der Waals surface area contributed by atoms with E-state index in [1.54, 1.807) is 18.4 Å². The lowest BCUT2D eigenvalue weighted by molar-refractivity contribution is 0.0786. The number of carbonyl (C=O) groups excluding carboxylic acids is 1. The number of halogens is 2. The topological polar surface area (TPSA) is 66.5 Å². The average molecular weight is 433 g/mol. The zero-order chi connectivity index (χ0) is 19.1. The minimum atomic E-state index is -3.79. The minimum absolute atomic E-state index is 0.00328. The minimum Gasteiger partial charge on any atom is -0.337 e. The van der Waals surface area contributed by atoms with Crippen LogP contribution in [0.5, 0.6) is 0 Å². The standard InChI is InChI=1S/C17H18Cl2N2O3S2/c1-10-5-6-25-15(10)9-21(2)17(22)12-7-16(14(19)8-13(12)18)26(23,24)20-11-3-4-11/h5-8,11,20H,3-4,9H2,1-2H3. The Bertz CT molecular complexity index is 953. The molecule has 0 atom stereocenters. The van der Waals surface area contributed by atoms with Crippen molar-refractivity contribution < 1.29 is 13.2 Å². The quantitative estimate of drug-likeness (QED) is 0.747. The molecule has 0 radical (unpaired) electrons. The number of amides is 1. The number of hydrogen-bond acceptors (Lipinski definition) is 4. The van der Waals surface area contributed by atoms with Crippen molar-refractivity contribution >= 4 is 50.5 Å². The maximum atomic E-state index is 12.8. The van der Waals surface area contributed by atoms with Gasteiger partial charge in [0.05, 0.1) is 22.2 Å². The number of nitrogens with one attached hydrogen (secondary N) is 1. The average Bonchev–Trinajstić information content (AvgIpc) is 3.27. The summed E-state index contributed by atoms with van der Waals surface area (Å²) in [7, 11) is -2.14. The zero-order valence-corrected chi connectivity index (χ0v) is 17.4. The van der Waals surface area contributed by atoms with Gasteiger partial charge in [-0.05, 0) is 48.9 Å². The van der Waals surface area contributed by atoms with Crippen LogP contribution in [0, 0.1) is 6.92 Å². The smallest absolute Gasteiger partial charge is 0.255 e. The molecule has 3 rings (SSSR count). The van der Waals surface area contributed by atoms with E-state index < -0.39 is 10.0 Å². The van der Waals surface area contributed by atoms with Crippen LogP contribution >= 0.6 is 34.5 Å². The third-order valence-electron chi connectivity index (χ3n) is 4.14. The van der Waals surface area contributed by atoms with Crippen LogP contribution in [-0.4, -0.2) is 32.3 Å². The molecule has 0 saturated heterocycles. The fourth-order valence-corrected chi connectivity index (χ4v) is 5.56. The normalized spacial score (nSPS) is 14.5. The van der Waals surface area contributed by atoms with Gasteiger partial charge in [-0.2, -0.15) is 0 Å². The second-order valence-electron chi connectivity index (χ2n) is 6.35. The molecule has 2 aromatic rings. The number of hydrogen-bond donors (Lipinski definition) is 1. The first-order chi connectivity index (χ1) is 12.2. The van der Waals surface area contributed by atoms with Crippen molar-refractivity contribution in [2.24, 2.45) is 0 Å². The molecule has 1 saturated carbocycles. The first-order valence-electron chi connectivity index (χ1n) is 7.99. The molecule has 0 unspecified atom stereocenters. The van der Waals surface area contributed by atoms with Crippen LogP contribution in [-0.2, 0) is 16.6 Å². The Morgan fingerprint density at radius 2 is 2.00 bits per heavy atom. The molecule has 1 aromatic heterocycles. The lowest BCUT2D eigenvalue weighted by atomic mass is 10.2. The molecule has 1 amide bonds. The van der Waals surface area contributed by atoms with Gasteiger partial charge < -0.3 is 4.90 Å². The molecule has 1 N–H and O–H groups in total. The van der Waals surface area contributed by atoms with E-state index in [1.807, 2.05) is 18.4 Å². The van der Waals surface area contributed by atoms with E-state index in [2.05, 4.69) is 4.72 Å². The molecule has 1 heterocycles. The summed E-state index contributed by atoms with van der Waals surface area (Å²) in [6, 6.07) is 4.50. The molecule has 0 aliphatic heterocycles. The summed E-state index contributed by atoms with van der Waals surface area (Å²) in [6.45, 7) is 2.40. The number of rotatable bonds is 6. The Morgan fingerprint density at radius 1 is 1.31 bits per heavy atom. The Morgan fingerprint density at radius 3 is 2.58 bits per heavy atom. The van der Waals surface area contributed by atoms with Crippen LogP contribution in [0.1, 0.15) is 33.6 Å². The number of carbonyl (C=O) groups is 1. The van der Waals surface area contributed by atoms with Crippen molar-refractivity contribution in [1.29, 1.82) is 0 Å². The molecular weight excluding hydrogens is 415 g/mol. The summed E-state index contributed by atoms with van der Waals surface area (Å²) >= 11 is 13.8.